The molecule has 1 rings (SSSR count). The normalized spacial score (nSPS) is 10.5. The van der Waals surface area contributed by atoms with E-state index in [1.54, 1.807) is 18.4 Å². The predicted molar refractivity (Wildman–Crippen MR) is 66.2 cm³/mol. The van der Waals surface area contributed by atoms with Crippen LogP contribution in [0.5, 0.6) is 0 Å². The lowest BCUT2D eigenvalue weighted by molar-refractivity contribution is -0.138. The van der Waals surface area contributed by atoms with E-state index in [1.165, 1.54) is 9.78 Å². The molecule has 1 heterocycles. The number of hydrogen-bond acceptors (Lipinski definition) is 4. The molecule has 94 valence electrons. The maximum Gasteiger partial charge on any atom is 0.317 e. The van der Waals surface area contributed by atoms with Crippen molar-refractivity contribution in [2.45, 2.75) is 6.42 Å². The maximum absolute atomic E-state index is 11.4. The van der Waals surface area contributed by atoms with Gasteiger partial charge < -0.3 is 10.4 Å². The molecular weight excluding hydrogens is 240 g/mol. The molecule has 0 unspecified atom stereocenters. The Bertz CT molecular complexity index is 365. The minimum absolute atomic E-state index is 0.108. The fourth-order valence-electron chi connectivity index (χ4n) is 1.37. The van der Waals surface area contributed by atoms with Gasteiger partial charge in [0.15, 0.2) is 0 Å². The molecule has 5 nitrogen and oxygen atoms in total. The van der Waals surface area contributed by atoms with Crippen molar-refractivity contribution in [3.05, 3.63) is 22.4 Å². The predicted octanol–water partition coefficient (Wildman–Crippen LogP) is 0.423. The molecule has 0 aliphatic carbocycles. The number of nitrogens with zero attached hydrogens (tertiary/aromatic N) is 1. The first-order valence-corrected chi connectivity index (χ1v) is 6.15. The Morgan fingerprint density at radius 1 is 1.47 bits per heavy atom. The molecule has 0 bridgehead atoms. The second kappa shape index (κ2) is 7.03. The van der Waals surface area contributed by atoms with E-state index in [2.05, 4.69) is 5.32 Å². The molecule has 2 N–H and O–H groups in total. The first-order valence-electron chi connectivity index (χ1n) is 5.27. The van der Waals surface area contributed by atoms with Crippen LogP contribution in [-0.2, 0) is 16.0 Å². The van der Waals surface area contributed by atoms with Gasteiger partial charge in [-0.1, -0.05) is 6.07 Å². The molecule has 0 radical (unpaired) electrons. The number of nitrogens with one attached hydrogen (secondary N) is 1. The number of rotatable bonds is 7. The quantitative estimate of drug-likeness (QED) is 0.742. The summed E-state index contributed by atoms with van der Waals surface area (Å²) in [5.74, 6) is -1.08. The van der Waals surface area contributed by atoms with Crippen LogP contribution >= 0.6 is 11.3 Å². The van der Waals surface area contributed by atoms with Crippen molar-refractivity contribution in [1.29, 1.82) is 0 Å². The lowest BCUT2D eigenvalue weighted by Crippen LogP contribution is -2.38. The van der Waals surface area contributed by atoms with Crippen LogP contribution in [0.4, 0.5) is 0 Å². The van der Waals surface area contributed by atoms with Crippen LogP contribution in [0.15, 0.2) is 17.5 Å². The standard InChI is InChI=1S/C11H16N2O3S/c1-13(8-11(15)16)7-10(14)12-5-4-9-3-2-6-17-9/h2-3,6H,4-5,7-8H2,1H3,(H,12,14)(H,15,16). The summed E-state index contributed by atoms with van der Waals surface area (Å²) in [6, 6.07) is 4.00. The van der Waals surface area contributed by atoms with E-state index in [4.69, 9.17) is 5.11 Å². The maximum atomic E-state index is 11.4. The number of hydrogen-bond donors (Lipinski definition) is 2. The van der Waals surface area contributed by atoms with Gasteiger partial charge in [0.05, 0.1) is 13.1 Å². The highest BCUT2D eigenvalue weighted by Gasteiger charge is 2.08. The fraction of sp³-hybridized carbons (Fsp3) is 0.455. The van der Waals surface area contributed by atoms with Gasteiger partial charge in [0.1, 0.15) is 0 Å². The number of aliphatic carboxylic acids is 1. The third-order valence-electron chi connectivity index (χ3n) is 2.09. The number of carboxylic acid groups (broad SMARTS) is 1. The third kappa shape index (κ3) is 6.03. The number of carboxylic acids is 1. The van der Waals surface area contributed by atoms with E-state index < -0.39 is 5.97 Å². The van der Waals surface area contributed by atoms with Crippen molar-refractivity contribution in [1.82, 2.24) is 10.2 Å². The Morgan fingerprint density at radius 3 is 2.82 bits per heavy atom. The van der Waals surface area contributed by atoms with Crippen LogP contribution in [0, 0.1) is 0 Å². The smallest absolute Gasteiger partial charge is 0.317 e. The highest BCUT2D eigenvalue weighted by atomic mass is 32.1. The average Bonchev–Trinajstić information content (AvgIpc) is 2.68. The van der Waals surface area contributed by atoms with E-state index in [0.717, 1.165) is 6.42 Å². The van der Waals surface area contributed by atoms with E-state index in [9.17, 15) is 9.59 Å². The van der Waals surface area contributed by atoms with Gasteiger partial charge in [-0.3, -0.25) is 14.5 Å². The summed E-state index contributed by atoms with van der Waals surface area (Å²) in [7, 11) is 1.60. The molecule has 0 saturated carbocycles. The summed E-state index contributed by atoms with van der Waals surface area (Å²) in [5, 5.41) is 13.3. The molecule has 0 spiro atoms. The summed E-state index contributed by atoms with van der Waals surface area (Å²) in [6.07, 6.45) is 0.812. The first kappa shape index (κ1) is 13.7. The van der Waals surface area contributed by atoms with Gasteiger partial charge in [0.2, 0.25) is 5.91 Å². The van der Waals surface area contributed by atoms with E-state index in [-0.39, 0.29) is 19.0 Å². The van der Waals surface area contributed by atoms with Gasteiger partial charge in [-0.05, 0) is 24.9 Å². The molecule has 1 aromatic rings. The summed E-state index contributed by atoms with van der Waals surface area (Å²) in [4.78, 5) is 24.5. The minimum Gasteiger partial charge on any atom is -0.480 e. The highest BCUT2D eigenvalue weighted by molar-refractivity contribution is 7.09. The number of thiophene rings is 1. The molecule has 17 heavy (non-hydrogen) atoms. The highest BCUT2D eigenvalue weighted by Crippen LogP contribution is 2.07. The molecule has 1 aromatic heterocycles. The number of carbonyl (C=O) groups excluding carboxylic acids is 1. The number of carbonyl (C=O) groups is 2. The Balaban J connectivity index is 2.14. The summed E-state index contributed by atoms with van der Waals surface area (Å²) in [5.41, 5.74) is 0. The number of likely N-dealkylation sites (N-methyl/N-ethyl adjacent to an activating group) is 1. The van der Waals surface area contributed by atoms with Crippen LogP contribution in [0.2, 0.25) is 0 Å². The molecule has 0 aliphatic heterocycles. The molecule has 6 heteroatoms. The van der Waals surface area contributed by atoms with Crippen molar-refractivity contribution < 1.29 is 14.7 Å². The van der Waals surface area contributed by atoms with E-state index in [0.29, 0.717) is 6.54 Å². The molecular formula is C11H16N2O3S. The third-order valence-corrected chi connectivity index (χ3v) is 3.03. The second-order valence-corrected chi connectivity index (χ2v) is 4.78. The second-order valence-electron chi connectivity index (χ2n) is 3.75. The topological polar surface area (TPSA) is 69.6 Å². The zero-order valence-corrected chi connectivity index (χ0v) is 10.5. The minimum atomic E-state index is -0.932. The van der Waals surface area contributed by atoms with Crippen molar-refractivity contribution in [3.8, 4) is 0 Å². The van der Waals surface area contributed by atoms with Crippen molar-refractivity contribution in [3.63, 3.8) is 0 Å². The van der Waals surface area contributed by atoms with Crippen LogP contribution in [-0.4, -0.2) is 48.6 Å². The van der Waals surface area contributed by atoms with E-state index >= 15 is 0 Å². The lowest BCUT2D eigenvalue weighted by Gasteiger charge is -2.13. The largest absolute Gasteiger partial charge is 0.480 e. The summed E-state index contributed by atoms with van der Waals surface area (Å²) in [6.45, 7) is 0.565. The molecule has 1 amide bonds. The zero-order chi connectivity index (χ0) is 12.7. The van der Waals surface area contributed by atoms with Gasteiger partial charge >= 0.3 is 5.97 Å². The molecule has 0 atom stereocenters. The number of amides is 1. The first-order chi connectivity index (χ1) is 8.08. The monoisotopic (exact) mass is 256 g/mol. The van der Waals surface area contributed by atoms with Crippen molar-refractivity contribution >= 4 is 23.2 Å². The SMILES string of the molecule is CN(CC(=O)O)CC(=O)NCCc1cccs1. The van der Waals surface area contributed by atoms with Gasteiger partial charge in [-0.25, -0.2) is 0 Å². The van der Waals surface area contributed by atoms with Crippen molar-refractivity contribution in [2.75, 3.05) is 26.7 Å². The Kier molecular flexibility index (Phi) is 5.65. The van der Waals surface area contributed by atoms with Gasteiger partial charge in [0, 0.05) is 11.4 Å². The summed E-state index contributed by atoms with van der Waals surface area (Å²) < 4.78 is 0. The van der Waals surface area contributed by atoms with Gasteiger partial charge in [0.25, 0.3) is 0 Å². The average molecular weight is 256 g/mol. The molecule has 0 fully saturated rings. The van der Waals surface area contributed by atoms with Gasteiger partial charge in [-0.15, -0.1) is 11.3 Å². The fourth-order valence-corrected chi connectivity index (χ4v) is 2.08. The Morgan fingerprint density at radius 2 is 2.24 bits per heavy atom. The van der Waals surface area contributed by atoms with E-state index in [1.807, 2.05) is 17.5 Å². The Labute approximate surface area is 104 Å². The molecule has 0 aliphatic rings. The molecule has 0 saturated heterocycles. The zero-order valence-electron chi connectivity index (χ0n) is 9.68. The summed E-state index contributed by atoms with van der Waals surface area (Å²) >= 11 is 1.66. The Hall–Kier alpha value is -1.40. The lowest BCUT2D eigenvalue weighted by atomic mass is 10.3. The van der Waals surface area contributed by atoms with Crippen LogP contribution < -0.4 is 5.32 Å². The molecule has 0 aromatic carbocycles. The van der Waals surface area contributed by atoms with Crippen molar-refractivity contribution in [2.24, 2.45) is 0 Å². The van der Waals surface area contributed by atoms with Gasteiger partial charge in [-0.2, -0.15) is 0 Å². The van der Waals surface area contributed by atoms with Crippen LogP contribution in [0.3, 0.4) is 0 Å². The van der Waals surface area contributed by atoms with Crippen LogP contribution in [0.1, 0.15) is 4.88 Å². The van der Waals surface area contributed by atoms with Crippen LogP contribution in [0.25, 0.3) is 0 Å².